The van der Waals surface area contributed by atoms with E-state index in [1.807, 2.05) is 0 Å². The molecule has 0 radical (unpaired) electrons. The van der Waals surface area contributed by atoms with Crippen LogP contribution in [0.25, 0.3) is 0 Å². The van der Waals surface area contributed by atoms with Gasteiger partial charge in [-0.3, -0.25) is 33.7 Å². The van der Waals surface area contributed by atoms with Gasteiger partial charge in [-0.05, 0) is 80.7 Å². The Morgan fingerprint density at radius 3 is 1.83 bits per heavy atom. The van der Waals surface area contributed by atoms with Crippen molar-refractivity contribution in [2.45, 2.75) is 113 Å². The van der Waals surface area contributed by atoms with Crippen LogP contribution < -0.4 is 20.7 Å². The summed E-state index contributed by atoms with van der Waals surface area (Å²) in [4.78, 5) is 82.2. The predicted molar refractivity (Wildman–Crippen MR) is 247 cm³/mol. The Morgan fingerprint density at radius 1 is 0.646 bits per heavy atom. The summed E-state index contributed by atoms with van der Waals surface area (Å²) in [5, 5.41) is 8.11. The molecule has 1 saturated carbocycles. The number of Topliss-reactive ketones (excluding diaryl/α,β-unsaturated/α-hetero) is 1. The van der Waals surface area contributed by atoms with E-state index in [1.165, 1.54) is 17.0 Å². The smallest absolute Gasteiger partial charge is 0.289 e. The second kappa shape index (κ2) is 24.9. The molecule has 352 valence electrons. The molecule has 0 unspecified atom stereocenters. The summed E-state index contributed by atoms with van der Waals surface area (Å²) in [6, 6.07) is 20.9. The lowest BCUT2D eigenvalue weighted by Crippen LogP contribution is -2.55. The molecule has 17 heteroatoms. The van der Waals surface area contributed by atoms with E-state index in [9.17, 15) is 45.6 Å². The Hall–Kier alpha value is -5.26. The average Bonchev–Trinajstić information content (AvgIpc) is 3.91. The van der Waals surface area contributed by atoms with E-state index in [0.29, 0.717) is 48.9 Å². The minimum Gasteiger partial charge on any atom is -0.348 e. The Kier molecular flexibility index (Phi) is 19.4. The van der Waals surface area contributed by atoms with Crippen LogP contribution in [0.2, 0.25) is 0 Å². The van der Waals surface area contributed by atoms with Crippen molar-refractivity contribution in [2.75, 3.05) is 31.6 Å². The highest BCUT2D eigenvalue weighted by molar-refractivity contribution is 7.91. The number of sulfonamides is 1. The van der Waals surface area contributed by atoms with Gasteiger partial charge in [-0.25, -0.2) is 21.6 Å². The first kappa shape index (κ1) is 50.7. The van der Waals surface area contributed by atoms with Crippen LogP contribution in [0.5, 0.6) is 0 Å². The number of carbonyl (C=O) groups excluding carboxylic acids is 6. The molecule has 0 saturated heterocycles. The number of rotatable bonds is 28. The van der Waals surface area contributed by atoms with Crippen LogP contribution in [-0.4, -0.2) is 101 Å². The number of nitrogens with one attached hydrogen (secondary N) is 4. The highest BCUT2D eigenvalue weighted by atomic mass is 32.2. The van der Waals surface area contributed by atoms with Gasteiger partial charge in [-0.2, -0.15) is 0 Å². The predicted octanol–water partition coefficient (Wildman–Crippen LogP) is 4.91. The van der Waals surface area contributed by atoms with Crippen molar-refractivity contribution < 1.29 is 45.6 Å². The number of hydrogen-bond donors (Lipinski definition) is 4. The Labute approximate surface area is 383 Å². The molecule has 3 aromatic carbocycles. The fourth-order valence-corrected chi connectivity index (χ4v) is 10.3. The quantitative estimate of drug-likeness (QED) is 0.0438. The first-order valence-electron chi connectivity index (χ1n) is 22.8. The Bertz CT molecular complexity index is 2290. The monoisotopic (exact) mass is 933 g/mol. The molecule has 0 spiro atoms. The molecule has 5 amide bonds. The van der Waals surface area contributed by atoms with Crippen LogP contribution in [0.15, 0.2) is 89.8 Å². The SMILES string of the molecule is CS(=O)(=O)NCCCC[C@H](NC(=O)[C@H](CCCCCCCCN1C(=O)c2ccccc2C1=O)C1CCCC1)C(=O)N[C@@H](Cc1ccccc1)C(=O)C(=O)NCCS(=O)(=O)c1ccccc1. The van der Waals surface area contributed by atoms with Gasteiger partial charge in [-0.1, -0.05) is 106 Å². The summed E-state index contributed by atoms with van der Waals surface area (Å²) >= 11 is 0. The molecule has 5 rings (SSSR count). The van der Waals surface area contributed by atoms with Gasteiger partial charge in [0.1, 0.15) is 12.1 Å². The number of imide groups is 1. The number of unbranched alkanes of at least 4 members (excludes halogenated alkanes) is 6. The average molecular weight is 934 g/mol. The molecule has 2 aliphatic rings. The standard InChI is InChI=1S/C48H63N5O10S2/c1-64(60,61)50-30-18-17-29-41(45(56)52-42(34-35-20-8-6-9-21-35)43(54)46(57)49-31-33-65(62,63)37-24-10-7-11-25-37)51-44(55)38(36-22-13-14-23-36)26-12-4-2-3-5-19-32-53-47(58)39-27-15-16-28-40(39)48(53)59/h6-11,15-16,20-21,24-25,27-28,36,38,41-42,50H,2-5,12-14,17-19,22-23,26,29-34H2,1H3,(H,49,57)(H,51,55)(H,52,56)/t38-,41+,42+/m1/s1. The largest absolute Gasteiger partial charge is 0.348 e. The van der Waals surface area contributed by atoms with Gasteiger partial charge in [0, 0.05) is 32.0 Å². The maximum atomic E-state index is 14.2. The second-order valence-corrected chi connectivity index (χ2v) is 21.0. The molecule has 1 fully saturated rings. The van der Waals surface area contributed by atoms with Crippen LogP contribution in [0.4, 0.5) is 0 Å². The zero-order valence-electron chi connectivity index (χ0n) is 37.2. The van der Waals surface area contributed by atoms with Crippen LogP contribution in [0, 0.1) is 11.8 Å². The van der Waals surface area contributed by atoms with Gasteiger partial charge in [-0.15, -0.1) is 0 Å². The van der Waals surface area contributed by atoms with Gasteiger partial charge in [0.05, 0.1) is 28.0 Å². The lowest BCUT2D eigenvalue weighted by molar-refractivity contribution is -0.140. The van der Waals surface area contributed by atoms with Gasteiger partial charge in [0.2, 0.25) is 27.6 Å². The number of amides is 5. The lowest BCUT2D eigenvalue weighted by Gasteiger charge is -2.27. The maximum Gasteiger partial charge on any atom is 0.289 e. The molecule has 15 nitrogen and oxygen atoms in total. The highest BCUT2D eigenvalue weighted by Gasteiger charge is 2.36. The summed E-state index contributed by atoms with van der Waals surface area (Å²) in [7, 11) is -7.19. The minimum absolute atomic E-state index is 0.0481. The van der Waals surface area contributed by atoms with E-state index in [0.717, 1.165) is 64.0 Å². The zero-order chi connectivity index (χ0) is 46.8. The summed E-state index contributed by atoms with van der Waals surface area (Å²) in [6.45, 7) is 0.161. The van der Waals surface area contributed by atoms with E-state index in [1.54, 1.807) is 72.8 Å². The first-order valence-corrected chi connectivity index (χ1v) is 26.3. The Balaban J connectivity index is 1.19. The van der Waals surface area contributed by atoms with Crippen LogP contribution in [-0.2, 0) is 45.5 Å². The van der Waals surface area contributed by atoms with E-state index >= 15 is 0 Å². The van der Waals surface area contributed by atoms with E-state index in [4.69, 9.17) is 0 Å². The summed E-state index contributed by atoms with van der Waals surface area (Å²) < 4.78 is 51.4. The topological polar surface area (TPSA) is 222 Å². The van der Waals surface area contributed by atoms with Gasteiger partial charge in [0.15, 0.2) is 9.84 Å². The number of sulfone groups is 1. The Morgan fingerprint density at radius 2 is 1.20 bits per heavy atom. The molecule has 65 heavy (non-hydrogen) atoms. The zero-order valence-corrected chi connectivity index (χ0v) is 38.8. The number of ketones is 1. The number of nitrogens with zero attached hydrogens (tertiary/aromatic N) is 1. The van der Waals surface area contributed by atoms with Crippen molar-refractivity contribution in [3.63, 3.8) is 0 Å². The molecule has 3 aromatic rings. The minimum atomic E-state index is -3.75. The molecule has 0 bridgehead atoms. The van der Waals surface area contributed by atoms with E-state index in [2.05, 4.69) is 20.7 Å². The van der Waals surface area contributed by atoms with Crippen LogP contribution in [0.3, 0.4) is 0 Å². The van der Waals surface area contributed by atoms with E-state index < -0.39 is 55.3 Å². The third-order valence-electron chi connectivity index (χ3n) is 12.1. The molecule has 3 atom stereocenters. The van der Waals surface area contributed by atoms with Crippen molar-refractivity contribution >= 4 is 55.2 Å². The number of benzene rings is 3. The van der Waals surface area contributed by atoms with Crippen molar-refractivity contribution in [2.24, 2.45) is 11.8 Å². The number of hydrogen-bond acceptors (Lipinski definition) is 10. The highest BCUT2D eigenvalue weighted by Crippen LogP contribution is 2.35. The van der Waals surface area contributed by atoms with Crippen molar-refractivity contribution in [3.05, 3.63) is 102 Å². The van der Waals surface area contributed by atoms with Gasteiger partial charge in [0.25, 0.3) is 17.7 Å². The molecule has 1 aliphatic heterocycles. The molecule has 0 aromatic heterocycles. The number of carbonyl (C=O) groups is 6. The third-order valence-corrected chi connectivity index (χ3v) is 14.6. The second-order valence-electron chi connectivity index (χ2n) is 17.1. The normalized spacial score (nSPS) is 15.6. The fraction of sp³-hybridized carbons (Fsp3) is 0.500. The first-order chi connectivity index (χ1) is 31.1. The maximum absolute atomic E-state index is 14.2. The molecule has 1 aliphatic carbocycles. The lowest BCUT2D eigenvalue weighted by atomic mass is 9.85. The summed E-state index contributed by atoms with van der Waals surface area (Å²) in [5.74, 6) is -4.14. The van der Waals surface area contributed by atoms with Gasteiger partial charge < -0.3 is 16.0 Å². The van der Waals surface area contributed by atoms with Crippen molar-refractivity contribution in [3.8, 4) is 0 Å². The van der Waals surface area contributed by atoms with Crippen LogP contribution in [0.1, 0.15) is 116 Å². The molecular formula is C48H63N5O10S2. The van der Waals surface area contributed by atoms with Gasteiger partial charge >= 0.3 is 0 Å². The molecule has 1 heterocycles. The summed E-state index contributed by atoms with van der Waals surface area (Å²) in [6.07, 6.45) is 11.3. The molecular weight excluding hydrogens is 871 g/mol. The van der Waals surface area contributed by atoms with Crippen molar-refractivity contribution in [1.82, 2.24) is 25.6 Å². The van der Waals surface area contributed by atoms with Crippen LogP contribution >= 0.6 is 0 Å². The fourth-order valence-electron chi connectivity index (χ4n) is 8.62. The number of fused-ring (bicyclic) bond motifs is 1. The third kappa shape index (κ3) is 15.7. The summed E-state index contributed by atoms with van der Waals surface area (Å²) in [5.41, 5.74) is 1.55. The van der Waals surface area contributed by atoms with E-state index in [-0.39, 0.29) is 60.4 Å². The van der Waals surface area contributed by atoms with Crippen molar-refractivity contribution in [1.29, 1.82) is 0 Å². The molecule has 4 N–H and O–H groups in total.